The Morgan fingerprint density at radius 2 is 1.82 bits per heavy atom. The van der Waals surface area contributed by atoms with Crippen molar-refractivity contribution in [1.29, 1.82) is 0 Å². The van der Waals surface area contributed by atoms with Gasteiger partial charge in [-0.25, -0.2) is 9.69 Å². The van der Waals surface area contributed by atoms with Gasteiger partial charge in [0.2, 0.25) is 0 Å². The molecule has 0 aromatic carbocycles. The van der Waals surface area contributed by atoms with Gasteiger partial charge in [-0.2, -0.15) is 8.78 Å². The second kappa shape index (κ2) is 2.73. The summed E-state index contributed by atoms with van der Waals surface area (Å²) in [6.07, 6.45) is 1.31. The summed E-state index contributed by atoms with van der Waals surface area (Å²) in [4.78, 5) is 10.7. The molecular weight excluding hydrogens is 156 g/mol. The number of hydrogen-bond donors (Lipinski definition) is 1. The van der Waals surface area contributed by atoms with Crippen LogP contribution in [0.25, 0.3) is 0 Å². The lowest BCUT2D eigenvalue weighted by molar-refractivity contribution is -0.193. The molecule has 0 unspecified atom stereocenters. The number of rotatable bonds is 2. The number of halogens is 2. The zero-order valence-electron chi connectivity index (χ0n) is 5.89. The molecule has 0 bridgehead atoms. The average Bonchev–Trinajstić information content (AvgIpc) is 2.37. The molecule has 1 N–H and O–H groups in total. The van der Waals surface area contributed by atoms with Crippen LogP contribution in [0, 0.1) is 0 Å². The third kappa shape index (κ3) is 1.48. The van der Waals surface area contributed by atoms with Crippen LogP contribution in [0.2, 0.25) is 0 Å². The van der Waals surface area contributed by atoms with Crippen LogP contribution in [0.15, 0.2) is 0 Å². The summed E-state index contributed by atoms with van der Waals surface area (Å²) in [5.41, 5.74) is 0. The van der Waals surface area contributed by atoms with Gasteiger partial charge in [-0.1, -0.05) is 0 Å². The minimum Gasteiger partial charge on any atom is -0.476 e. The standard InChI is InChI=1S/C6H9F2NO2/c7-6(8,5(10)11)9-3-1-2-4-9/h1-4H2,(H,10,11). The van der Waals surface area contributed by atoms with E-state index in [4.69, 9.17) is 5.11 Å². The van der Waals surface area contributed by atoms with E-state index in [2.05, 4.69) is 0 Å². The van der Waals surface area contributed by atoms with Crippen molar-refractivity contribution < 1.29 is 18.7 Å². The van der Waals surface area contributed by atoms with Crippen LogP contribution in [0.4, 0.5) is 8.78 Å². The molecule has 0 amide bonds. The first-order valence-electron chi connectivity index (χ1n) is 3.41. The highest BCUT2D eigenvalue weighted by Gasteiger charge is 2.46. The van der Waals surface area contributed by atoms with Gasteiger partial charge in [-0.3, -0.25) is 0 Å². The summed E-state index contributed by atoms with van der Waals surface area (Å²) in [6, 6.07) is -3.67. The van der Waals surface area contributed by atoms with E-state index < -0.39 is 12.0 Å². The minimum absolute atomic E-state index is 0.180. The largest absolute Gasteiger partial charge is 0.476 e. The fraction of sp³-hybridized carbons (Fsp3) is 0.833. The van der Waals surface area contributed by atoms with Crippen molar-refractivity contribution in [2.75, 3.05) is 13.1 Å². The lowest BCUT2D eigenvalue weighted by Crippen LogP contribution is -2.45. The van der Waals surface area contributed by atoms with Gasteiger partial charge in [0.05, 0.1) is 0 Å². The van der Waals surface area contributed by atoms with Crippen LogP contribution >= 0.6 is 0 Å². The van der Waals surface area contributed by atoms with Crippen molar-refractivity contribution in [1.82, 2.24) is 4.90 Å². The Kier molecular flexibility index (Phi) is 2.08. The van der Waals surface area contributed by atoms with E-state index in [9.17, 15) is 13.6 Å². The molecule has 0 aliphatic carbocycles. The van der Waals surface area contributed by atoms with E-state index in [0.29, 0.717) is 17.7 Å². The molecule has 0 atom stereocenters. The van der Waals surface area contributed by atoms with Crippen LogP contribution in [-0.4, -0.2) is 35.1 Å². The predicted molar refractivity (Wildman–Crippen MR) is 33.4 cm³/mol. The summed E-state index contributed by atoms with van der Waals surface area (Å²) in [6.45, 7) is 0.360. The van der Waals surface area contributed by atoms with E-state index >= 15 is 0 Å². The quantitative estimate of drug-likeness (QED) is 0.614. The highest BCUT2D eigenvalue weighted by atomic mass is 19.3. The molecule has 1 rings (SSSR count). The molecule has 64 valence electrons. The Hall–Kier alpha value is -0.710. The molecule has 1 aliphatic heterocycles. The van der Waals surface area contributed by atoms with Gasteiger partial charge in [-0.05, 0) is 12.8 Å². The third-order valence-corrected chi connectivity index (χ3v) is 1.76. The van der Waals surface area contributed by atoms with Gasteiger partial charge in [0.15, 0.2) is 0 Å². The molecule has 0 radical (unpaired) electrons. The van der Waals surface area contributed by atoms with Crippen LogP contribution in [0.3, 0.4) is 0 Å². The first-order valence-corrected chi connectivity index (χ1v) is 3.41. The molecule has 11 heavy (non-hydrogen) atoms. The Balaban J connectivity index is 2.62. The molecule has 1 heterocycles. The number of carbonyl (C=O) groups is 1. The van der Waals surface area contributed by atoms with Crippen molar-refractivity contribution in [3.8, 4) is 0 Å². The fourth-order valence-corrected chi connectivity index (χ4v) is 1.13. The van der Waals surface area contributed by atoms with Crippen LogP contribution in [0.5, 0.6) is 0 Å². The third-order valence-electron chi connectivity index (χ3n) is 1.76. The summed E-state index contributed by atoms with van der Waals surface area (Å²) >= 11 is 0. The van der Waals surface area contributed by atoms with Crippen LogP contribution in [-0.2, 0) is 4.79 Å². The number of carboxylic acid groups (broad SMARTS) is 1. The normalized spacial score (nSPS) is 20.5. The molecule has 0 aromatic rings. The molecule has 3 nitrogen and oxygen atoms in total. The second-order valence-corrected chi connectivity index (χ2v) is 2.54. The van der Waals surface area contributed by atoms with E-state index in [1.807, 2.05) is 0 Å². The van der Waals surface area contributed by atoms with Crippen molar-refractivity contribution in [2.45, 2.75) is 18.9 Å². The number of aliphatic carboxylic acids is 1. The summed E-state index contributed by atoms with van der Waals surface area (Å²) < 4.78 is 25.2. The second-order valence-electron chi connectivity index (χ2n) is 2.54. The smallest absolute Gasteiger partial charge is 0.401 e. The SMILES string of the molecule is O=C(O)C(F)(F)N1CCCC1. The van der Waals surface area contributed by atoms with Gasteiger partial charge >= 0.3 is 12.0 Å². The maximum absolute atomic E-state index is 12.6. The highest BCUT2D eigenvalue weighted by Crippen LogP contribution is 2.24. The first-order chi connectivity index (χ1) is 5.05. The van der Waals surface area contributed by atoms with E-state index in [1.54, 1.807) is 0 Å². The van der Waals surface area contributed by atoms with Gasteiger partial charge < -0.3 is 5.11 Å². The number of nitrogens with zero attached hydrogens (tertiary/aromatic N) is 1. The zero-order chi connectivity index (χ0) is 8.48. The molecule has 5 heteroatoms. The van der Waals surface area contributed by atoms with Gasteiger partial charge in [0, 0.05) is 13.1 Å². The average molecular weight is 165 g/mol. The molecule has 1 fully saturated rings. The van der Waals surface area contributed by atoms with Crippen molar-refractivity contribution in [2.24, 2.45) is 0 Å². The topological polar surface area (TPSA) is 40.5 Å². The van der Waals surface area contributed by atoms with Crippen LogP contribution in [0.1, 0.15) is 12.8 Å². The molecule has 0 saturated carbocycles. The van der Waals surface area contributed by atoms with Gasteiger partial charge in [-0.15, -0.1) is 0 Å². The number of carboxylic acids is 1. The Labute approximate surface area is 62.6 Å². The Morgan fingerprint density at radius 1 is 1.36 bits per heavy atom. The lowest BCUT2D eigenvalue weighted by atomic mass is 10.4. The van der Waals surface area contributed by atoms with Crippen molar-refractivity contribution in [3.63, 3.8) is 0 Å². The summed E-state index contributed by atoms with van der Waals surface area (Å²) in [5, 5.41) is 8.11. The monoisotopic (exact) mass is 165 g/mol. The van der Waals surface area contributed by atoms with E-state index in [-0.39, 0.29) is 13.1 Å². The maximum atomic E-state index is 12.6. The highest BCUT2D eigenvalue weighted by molar-refractivity contribution is 5.74. The molecular formula is C6H9F2NO2. The predicted octanol–water partition coefficient (Wildman–Crippen LogP) is 0.760. The number of hydrogen-bond acceptors (Lipinski definition) is 2. The summed E-state index contributed by atoms with van der Waals surface area (Å²) in [7, 11) is 0. The van der Waals surface area contributed by atoms with E-state index in [0.717, 1.165) is 0 Å². The number of alkyl halides is 2. The zero-order valence-corrected chi connectivity index (χ0v) is 5.89. The molecule has 1 aliphatic rings. The summed E-state index contributed by atoms with van der Waals surface area (Å²) in [5.74, 6) is -2.06. The van der Waals surface area contributed by atoms with Crippen molar-refractivity contribution >= 4 is 5.97 Å². The first kappa shape index (κ1) is 8.39. The minimum atomic E-state index is -3.67. The van der Waals surface area contributed by atoms with Crippen molar-refractivity contribution in [3.05, 3.63) is 0 Å². The van der Waals surface area contributed by atoms with E-state index in [1.165, 1.54) is 0 Å². The molecule has 1 saturated heterocycles. The van der Waals surface area contributed by atoms with Crippen LogP contribution < -0.4 is 0 Å². The molecule has 0 aromatic heterocycles. The Bertz CT molecular complexity index is 166. The fourth-order valence-electron chi connectivity index (χ4n) is 1.13. The Morgan fingerprint density at radius 3 is 2.18 bits per heavy atom. The maximum Gasteiger partial charge on any atom is 0.401 e. The number of likely N-dealkylation sites (tertiary alicyclic amines) is 1. The lowest BCUT2D eigenvalue weighted by Gasteiger charge is -2.21. The van der Waals surface area contributed by atoms with Gasteiger partial charge in [0.25, 0.3) is 0 Å². The molecule has 0 spiro atoms. The van der Waals surface area contributed by atoms with Gasteiger partial charge in [0.1, 0.15) is 0 Å².